The maximum atomic E-state index is 13.0. The topological polar surface area (TPSA) is 46.9 Å². The van der Waals surface area contributed by atoms with Gasteiger partial charge in [0.15, 0.2) is 5.82 Å². The summed E-state index contributed by atoms with van der Waals surface area (Å²) in [5.74, 6) is 2.26. The number of terminal acetylenes is 1. The van der Waals surface area contributed by atoms with Gasteiger partial charge in [0.25, 0.3) is 5.91 Å². The van der Waals surface area contributed by atoms with Gasteiger partial charge in [-0.15, -0.1) is 6.42 Å². The summed E-state index contributed by atoms with van der Waals surface area (Å²) in [6, 6.07) is 11.1. The van der Waals surface area contributed by atoms with E-state index in [1.54, 1.807) is 4.68 Å². The number of aryl methyl sites for hydroxylation is 1. The molecule has 0 saturated carbocycles. The monoisotopic (exact) mass is 307 g/mol. The maximum absolute atomic E-state index is 13.0. The second-order valence-corrected chi connectivity index (χ2v) is 5.14. The highest BCUT2D eigenvalue weighted by Gasteiger charge is 2.15. The SMILES string of the molecule is C#CCn1nc(NC(=O)c2ccc(F)cc2)c2cccc(C)c21. The van der Waals surface area contributed by atoms with Gasteiger partial charge in [0, 0.05) is 10.9 Å². The van der Waals surface area contributed by atoms with Gasteiger partial charge in [0.05, 0.1) is 5.52 Å². The van der Waals surface area contributed by atoms with E-state index in [9.17, 15) is 9.18 Å². The highest BCUT2D eigenvalue weighted by atomic mass is 19.1. The van der Waals surface area contributed by atoms with Crippen molar-refractivity contribution in [2.45, 2.75) is 13.5 Å². The van der Waals surface area contributed by atoms with E-state index in [0.717, 1.165) is 16.5 Å². The minimum atomic E-state index is -0.388. The first-order valence-corrected chi connectivity index (χ1v) is 7.06. The summed E-state index contributed by atoms with van der Waals surface area (Å²) in [6.07, 6.45) is 5.38. The van der Waals surface area contributed by atoms with Gasteiger partial charge in [-0.05, 0) is 42.8 Å². The minimum absolute atomic E-state index is 0.313. The molecule has 1 aromatic heterocycles. The van der Waals surface area contributed by atoms with Gasteiger partial charge < -0.3 is 5.32 Å². The van der Waals surface area contributed by atoms with Gasteiger partial charge in [-0.2, -0.15) is 5.10 Å². The summed E-state index contributed by atoms with van der Waals surface area (Å²) < 4.78 is 14.6. The predicted molar refractivity (Wildman–Crippen MR) is 87.7 cm³/mol. The molecule has 1 N–H and O–H groups in total. The van der Waals surface area contributed by atoms with Crippen molar-refractivity contribution < 1.29 is 9.18 Å². The standard InChI is InChI=1S/C18H14FN3O/c1-3-11-22-16-12(2)5-4-6-15(16)17(21-22)20-18(23)13-7-9-14(19)10-8-13/h1,4-10H,11H2,2H3,(H,20,21,23). The van der Waals surface area contributed by atoms with Gasteiger partial charge in [-0.3, -0.25) is 9.48 Å². The molecule has 0 fully saturated rings. The van der Waals surface area contributed by atoms with Crippen LogP contribution < -0.4 is 5.32 Å². The van der Waals surface area contributed by atoms with E-state index in [2.05, 4.69) is 16.3 Å². The summed E-state index contributed by atoms with van der Waals surface area (Å²) in [6.45, 7) is 2.27. The minimum Gasteiger partial charge on any atom is -0.305 e. The second kappa shape index (κ2) is 5.93. The second-order valence-electron chi connectivity index (χ2n) is 5.14. The van der Waals surface area contributed by atoms with Crippen LogP contribution >= 0.6 is 0 Å². The van der Waals surface area contributed by atoms with E-state index in [1.165, 1.54) is 24.3 Å². The Bertz CT molecular complexity index is 920. The molecule has 0 unspecified atom stereocenters. The number of halogens is 1. The maximum Gasteiger partial charge on any atom is 0.256 e. The Morgan fingerprint density at radius 2 is 2.04 bits per heavy atom. The summed E-state index contributed by atoms with van der Waals surface area (Å²) in [4.78, 5) is 12.3. The number of fused-ring (bicyclic) bond motifs is 1. The zero-order valence-electron chi connectivity index (χ0n) is 12.5. The molecular weight excluding hydrogens is 293 g/mol. The summed E-state index contributed by atoms with van der Waals surface area (Å²) >= 11 is 0. The third-order valence-corrected chi connectivity index (χ3v) is 3.55. The van der Waals surface area contributed by atoms with Crippen LogP contribution in [0.1, 0.15) is 15.9 Å². The molecule has 114 valence electrons. The van der Waals surface area contributed by atoms with E-state index >= 15 is 0 Å². The molecule has 0 aliphatic carbocycles. The highest BCUT2D eigenvalue weighted by molar-refractivity contribution is 6.08. The van der Waals surface area contributed by atoms with Crippen LogP contribution in [0.2, 0.25) is 0 Å². The van der Waals surface area contributed by atoms with E-state index in [-0.39, 0.29) is 11.7 Å². The molecule has 23 heavy (non-hydrogen) atoms. The molecule has 2 aromatic carbocycles. The van der Waals surface area contributed by atoms with Crippen LogP contribution in [0.25, 0.3) is 10.9 Å². The van der Waals surface area contributed by atoms with Crippen molar-refractivity contribution >= 4 is 22.6 Å². The molecule has 3 aromatic rings. The molecule has 0 atom stereocenters. The van der Waals surface area contributed by atoms with Crippen molar-refractivity contribution in [3.63, 3.8) is 0 Å². The van der Waals surface area contributed by atoms with Gasteiger partial charge in [0.2, 0.25) is 0 Å². The first kappa shape index (κ1) is 14.8. The number of anilines is 1. The van der Waals surface area contributed by atoms with Crippen LogP contribution in [0, 0.1) is 25.1 Å². The quantitative estimate of drug-likeness (QED) is 0.754. The molecular formula is C18H14FN3O. The first-order valence-electron chi connectivity index (χ1n) is 7.06. The fraction of sp³-hybridized carbons (Fsp3) is 0.111. The fourth-order valence-corrected chi connectivity index (χ4v) is 2.49. The average Bonchev–Trinajstić information content (AvgIpc) is 2.87. The molecule has 0 saturated heterocycles. The largest absolute Gasteiger partial charge is 0.305 e. The number of benzene rings is 2. The van der Waals surface area contributed by atoms with Crippen molar-refractivity contribution in [2.24, 2.45) is 0 Å². The summed E-state index contributed by atoms with van der Waals surface area (Å²) in [5.41, 5.74) is 2.27. The Balaban J connectivity index is 2.00. The van der Waals surface area contributed by atoms with Gasteiger partial charge in [-0.25, -0.2) is 4.39 Å². The number of amides is 1. The summed E-state index contributed by atoms with van der Waals surface area (Å²) in [7, 11) is 0. The molecule has 0 spiro atoms. The normalized spacial score (nSPS) is 10.5. The number of carbonyl (C=O) groups is 1. The average molecular weight is 307 g/mol. The zero-order valence-corrected chi connectivity index (χ0v) is 12.5. The summed E-state index contributed by atoms with van der Waals surface area (Å²) in [5, 5.41) is 7.97. The van der Waals surface area contributed by atoms with Crippen molar-refractivity contribution in [1.82, 2.24) is 9.78 Å². The number of nitrogens with one attached hydrogen (secondary N) is 1. The lowest BCUT2D eigenvalue weighted by atomic mass is 10.1. The molecule has 3 rings (SSSR count). The van der Waals surface area contributed by atoms with Crippen LogP contribution in [0.3, 0.4) is 0 Å². The van der Waals surface area contributed by atoms with Crippen molar-refractivity contribution in [1.29, 1.82) is 0 Å². The Morgan fingerprint density at radius 1 is 1.30 bits per heavy atom. The lowest BCUT2D eigenvalue weighted by Crippen LogP contribution is -2.12. The number of hydrogen-bond donors (Lipinski definition) is 1. The van der Waals surface area contributed by atoms with Crippen LogP contribution in [0.4, 0.5) is 10.2 Å². The Morgan fingerprint density at radius 3 is 2.74 bits per heavy atom. The number of aromatic nitrogens is 2. The molecule has 5 heteroatoms. The Labute approximate surface area is 132 Å². The van der Waals surface area contributed by atoms with Crippen LogP contribution in [0.5, 0.6) is 0 Å². The van der Waals surface area contributed by atoms with E-state index in [1.807, 2.05) is 25.1 Å². The number of rotatable bonds is 3. The molecule has 0 aliphatic rings. The highest BCUT2D eigenvalue weighted by Crippen LogP contribution is 2.26. The molecule has 1 amide bonds. The molecule has 0 radical (unpaired) electrons. The number of carbonyl (C=O) groups excluding carboxylic acids is 1. The molecule has 0 bridgehead atoms. The first-order chi connectivity index (χ1) is 11.1. The van der Waals surface area contributed by atoms with Crippen LogP contribution in [-0.4, -0.2) is 15.7 Å². The number of nitrogens with zero attached hydrogens (tertiary/aromatic N) is 2. The predicted octanol–water partition coefficient (Wildman–Crippen LogP) is 3.37. The van der Waals surface area contributed by atoms with Crippen molar-refractivity contribution in [3.05, 3.63) is 59.4 Å². The van der Waals surface area contributed by atoms with E-state index < -0.39 is 0 Å². The smallest absolute Gasteiger partial charge is 0.256 e. The Hall–Kier alpha value is -3.13. The third kappa shape index (κ3) is 2.79. The Kier molecular flexibility index (Phi) is 3.82. The zero-order chi connectivity index (χ0) is 16.4. The van der Waals surface area contributed by atoms with Crippen molar-refractivity contribution in [3.8, 4) is 12.3 Å². The number of para-hydroxylation sites is 1. The fourth-order valence-electron chi connectivity index (χ4n) is 2.49. The molecule has 4 nitrogen and oxygen atoms in total. The lowest BCUT2D eigenvalue weighted by Gasteiger charge is -2.02. The van der Waals surface area contributed by atoms with Crippen molar-refractivity contribution in [2.75, 3.05) is 5.32 Å². The van der Waals surface area contributed by atoms with E-state index in [4.69, 9.17) is 6.42 Å². The van der Waals surface area contributed by atoms with Gasteiger partial charge >= 0.3 is 0 Å². The third-order valence-electron chi connectivity index (χ3n) is 3.55. The molecule has 0 aliphatic heterocycles. The number of hydrogen-bond acceptors (Lipinski definition) is 2. The van der Waals surface area contributed by atoms with Crippen LogP contribution in [-0.2, 0) is 6.54 Å². The molecule has 1 heterocycles. The lowest BCUT2D eigenvalue weighted by molar-refractivity contribution is 0.102. The van der Waals surface area contributed by atoms with Gasteiger partial charge in [-0.1, -0.05) is 18.1 Å². The van der Waals surface area contributed by atoms with Crippen LogP contribution in [0.15, 0.2) is 42.5 Å². The van der Waals surface area contributed by atoms with Gasteiger partial charge in [0.1, 0.15) is 12.4 Å². The van der Waals surface area contributed by atoms with E-state index in [0.29, 0.717) is 17.9 Å².